The molecule has 0 bridgehead atoms. The number of carbonyl (C=O) groups is 2. The summed E-state index contributed by atoms with van der Waals surface area (Å²) < 4.78 is 0. The Kier molecular flexibility index (Phi) is 7.31. The Balaban J connectivity index is 1.34. The quantitative estimate of drug-likeness (QED) is 0.718. The van der Waals surface area contributed by atoms with Crippen molar-refractivity contribution < 1.29 is 9.59 Å². The summed E-state index contributed by atoms with van der Waals surface area (Å²) in [6, 6.07) is 10.4. The summed E-state index contributed by atoms with van der Waals surface area (Å²) in [5, 5.41) is 0. The van der Waals surface area contributed by atoms with Crippen LogP contribution in [0.5, 0.6) is 0 Å². The average Bonchev–Trinajstić information content (AvgIpc) is 2.95. The van der Waals surface area contributed by atoms with Gasteiger partial charge in [0.05, 0.1) is 6.54 Å². The first-order chi connectivity index (χ1) is 15.1. The van der Waals surface area contributed by atoms with E-state index in [4.69, 9.17) is 0 Å². The summed E-state index contributed by atoms with van der Waals surface area (Å²) in [4.78, 5) is 32.8. The molecule has 0 radical (unpaired) electrons. The summed E-state index contributed by atoms with van der Waals surface area (Å²) in [6.07, 6.45) is 8.81. The van der Waals surface area contributed by atoms with E-state index in [0.717, 1.165) is 84.2 Å². The summed E-state index contributed by atoms with van der Waals surface area (Å²) in [7, 11) is 0. The first kappa shape index (κ1) is 22.3. The molecule has 3 fully saturated rings. The van der Waals surface area contributed by atoms with Crippen LogP contribution in [-0.4, -0.2) is 65.8 Å². The van der Waals surface area contributed by atoms with Crippen LogP contribution in [0.15, 0.2) is 30.3 Å². The van der Waals surface area contributed by atoms with Crippen molar-refractivity contribution in [3.63, 3.8) is 0 Å². The lowest BCUT2D eigenvalue weighted by molar-refractivity contribution is -0.146. The van der Waals surface area contributed by atoms with E-state index in [0.29, 0.717) is 24.3 Å². The lowest BCUT2D eigenvalue weighted by Crippen LogP contribution is -2.50. The van der Waals surface area contributed by atoms with Crippen molar-refractivity contribution in [2.24, 2.45) is 11.3 Å². The standard InChI is InChI=1S/C26H39N3O2/c1-26(14-6-9-17-29(25(26)31)20-22-10-4-2-5-11-22)23-12-18-27(19-13-23)21-24(30)28-15-7-3-8-16-28/h2,4-5,10-11,23H,3,6-9,12-21H2,1H3. The number of hydrogen-bond acceptors (Lipinski definition) is 3. The van der Waals surface area contributed by atoms with Gasteiger partial charge in [0, 0.05) is 31.6 Å². The van der Waals surface area contributed by atoms with Gasteiger partial charge in [0.25, 0.3) is 0 Å². The molecule has 0 spiro atoms. The molecule has 3 aliphatic heterocycles. The molecular weight excluding hydrogens is 386 g/mol. The van der Waals surface area contributed by atoms with Gasteiger partial charge in [-0.25, -0.2) is 0 Å². The van der Waals surface area contributed by atoms with Crippen LogP contribution in [0.1, 0.15) is 63.9 Å². The number of likely N-dealkylation sites (tertiary alicyclic amines) is 3. The van der Waals surface area contributed by atoms with Gasteiger partial charge >= 0.3 is 0 Å². The van der Waals surface area contributed by atoms with Gasteiger partial charge in [-0.1, -0.05) is 43.7 Å². The molecule has 0 aromatic heterocycles. The number of nitrogens with zero attached hydrogens (tertiary/aromatic N) is 3. The molecule has 1 aromatic carbocycles. The molecule has 2 amide bonds. The van der Waals surface area contributed by atoms with Crippen LogP contribution < -0.4 is 0 Å². The van der Waals surface area contributed by atoms with E-state index >= 15 is 0 Å². The highest BCUT2D eigenvalue weighted by Crippen LogP contribution is 2.43. The predicted molar refractivity (Wildman–Crippen MR) is 123 cm³/mol. The van der Waals surface area contributed by atoms with Crippen LogP contribution in [-0.2, 0) is 16.1 Å². The van der Waals surface area contributed by atoms with Gasteiger partial charge < -0.3 is 9.80 Å². The van der Waals surface area contributed by atoms with E-state index < -0.39 is 0 Å². The summed E-state index contributed by atoms with van der Waals surface area (Å²) in [5.41, 5.74) is 0.944. The summed E-state index contributed by atoms with van der Waals surface area (Å²) in [5.74, 6) is 1.05. The normalized spacial score (nSPS) is 26.7. The van der Waals surface area contributed by atoms with Crippen molar-refractivity contribution >= 4 is 11.8 Å². The molecule has 0 saturated carbocycles. The van der Waals surface area contributed by atoms with Crippen LogP contribution in [0.4, 0.5) is 0 Å². The highest BCUT2D eigenvalue weighted by molar-refractivity contribution is 5.83. The smallest absolute Gasteiger partial charge is 0.236 e. The Labute approximate surface area is 187 Å². The third-order valence-electron chi connectivity index (χ3n) is 7.92. The van der Waals surface area contributed by atoms with Crippen molar-refractivity contribution in [3.8, 4) is 0 Å². The second kappa shape index (κ2) is 10.2. The molecule has 1 atom stereocenters. The largest absolute Gasteiger partial charge is 0.342 e. The zero-order chi connectivity index (χ0) is 21.7. The maximum Gasteiger partial charge on any atom is 0.236 e. The second-order valence-corrected chi connectivity index (χ2v) is 10.1. The Morgan fingerprint density at radius 3 is 2.32 bits per heavy atom. The van der Waals surface area contributed by atoms with Gasteiger partial charge in [0.15, 0.2) is 0 Å². The fourth-order valence-electron chi connectivity index (χ4n) is 5.86. The first-order valence-electron chi connectivity index (χ1n) is 12.4. The van der Waals surface area contributed by atoms with E-state index in [2.05, 4.69) is 41.0 Å². The maximum absolute atomic E-state index is 13.7. The molecule has 3 heterocycles. The van der Waals surface area contributed by atoms with Gasteiger partial charge in [-0.3, -0.25) is 14.5 Å². The van der Waals surface area contributed by atoms with Crippen LogP contribution in [0.25, 0.3) is 0 Å². The fourth-order valence-corrected chi connectivity index (χ4v) is 5.86. The molecule has 31 heavy (non-hydrogen) atoms. The maximum atomic E-state index is 13.7. The highest BCUT2D eigenvalue weighted by Gasteiger charge is 2.45. The minimum Gasteiger partial charge on any atom is -0.342 e. The zero-order valence-corrected chi connectivity index (χ0v) is 19.2. The highest BCUT2D eigenvalue weighted by atomic mass is 16.2. The SMILES string of the molecule is CC1(C2CCN(CC(=O)N3CCCCC3)CC2)CCCCN(Cc2ccccc2)C1=O. The fraction of sp³-hybridized carbons (Fsp3) is 0.692. The Bertz CT molecular complexity index is 738. The molecule has 3 saturated heterocycles. The Hall–Kier alpha value is -1.88. The van der Waals surface area contributed by atoms with Crippen LogP contribution in [0.3, 0.4) is 0 Å². The molecule has 5 heteroatoms. The topological polar surface area (TPSA) is 43.9 Å². The minimum atomic E-state index is -0.270. The number of carbonyl (C=O) groups excluding carboxylic acids is 2. The predicted octanol–water partition coefficient (Wildman–Crippen LogP) is 3.93. The molecule has 1 unspecified atom stereocenters. The Morgan fingerprint density at radius 1 is 0.935 bits per heavy atom. The van der Waals surface area contributed by atoms with Crippen LogP contribution in [0.2, 0.25) is 0 Å². The average molecular weight is 426 g/mol. The van der Waals surface area contributed by atoms with E-state index in [1.165, 1.54) is 12.0 Å². The van der Waals surface area contributed by atoms with E-state index in [9.17, 15) is 9.59 Å². The van der Waals surface area contributed by atoms with E-state index in [1.807, 2.05) is 11.0 Å². The monoisotopic (exact) mass is 425 g/mol. The third-order valence-corrected chi connectivity index (χ3v) is 7.92. The first-order valence-corrected chi connectivity index (χ1v) is 12.4. The molecule has 0 aliphatic carbocycles. The molecule has 5 nitrogen and oxygen atoms in total. The van der Waals surface area contributed by atoms with Crippen LogP contribution in [0, 0.1) is 11.3 Å². The molecule has 0 N–H and O–H groups in total. The summed E-state index contributed by atoms with van der Waals surface area (Å²) >= 11 is 0. The number of hydrogen-bond donors (Lipinski definition) is 0. The van der Waals surface area contributed by atoms with Gasteiger partial charge in [-0.05, 0) is 69.5 Å². The van der Waals surface area contributed by atoms with Gasteiger partial charge in [0.1, 0.15) is 0 Å². The summed E-state index contributed by atoms with van der Waals surface area (Å²) in [6.45, 7) is 8.09. The van der Waals surface area contributed by atoms with Gasteiger partial charge in [-0.15, -0.1) is 0 Å². The van der Waals surface area contributed by atoms with Crippen molar-refractivity contribution in [1.29, 1.82) is 0 Å². The Morgan fingerprint density at radius 2 is 1.61 bits per heavy atom. The van der Waals surface area contributed by atoms with Crippen molar-refractivity contribution in [3.05, 3.63) is 35.9 Å². The van der Waals surface area contributed by atoms with Crippen molar-refractivity contribution in [2.75, 3.05) is 39.3 Å². The number of piperidine rings is 2. The zero-order valence-electron chi connectivity index (χ0n) is 19.2. The van der Waals surface area contributed by atoms with Crippen LogP contribution >= 0.6 is 0 Å². The number of amides is 2. The molecule has 1 aromatic rings. The van der Waals surface area contributed by atoms with Gasteiger partial charge in [0.2, 0.25) is 11.8 Å². The van der Waals surface area contributed by atoms with Gasteiger partial charge in [-0.2, -0.15) is 0 Å². The van der Waals surface area contributed by atoms with E-state index in [-0.39, 0.29) is 5.41 Å². The second-order valence-electron chi connectivity index (χ2n) is 10.1. The molecule has 3 aliphatic rings. The molecular formula is C26H39N3O2. The number of benzene rings is 1. The number of rotatable bonds is 5. The third kappa shape index (κ3) is 5.31. The van der Waals surface area contributed by atoms with Crippen molar-refractivity contribution in [1.82, 2.24) is 14.7 Å². The molecule has 170 valence electrons. The lowest BCUT2D eigenvalue weighted by atomic mass is 9.69. The lowest BCUT2D eigenvalue weighted by Gasteiger charge is -2.43. The minimum absolute atomic E-state index is 0.270. The molecule has 4 rings (SSSR count). The van der Waals surface area contributed by atoms with E-state index in [1.54, 1.807) is 0 Å². The van der Waals surface area contributed by atoms with Crippen molar-refractivity contribution in [2.45, 2.75) is 64.8 Å².